The third-order valence-corrected chi connectivity index (χ3v) is 6.49. The number of pyridine rings is 1. The Morgan fingerprint density at radius 3 is 2.47 bits per heavy atom. The maximum absolute atomic E-state index is 4.39. The van der Waals surface area contributed by atoms with Crippen LogP contribution in [0.25, 0.3) is 0 Å². The van der Waals surface area contributed by atoms with Crippen LogP contribution < -0.4 is 24.8 Å². The topological polar surface area (TPSA) is 12.9 Å². The Kier molecular flexibility index (Phi) is 7.62. The van der Waals surface area contributed by atoms with Gasteiger partial charge in [0.25, 0.3) is 0 Å². The van der Waals surface area contributed by atoms with Crippen molar-refractivity contribution in [1.29, 1.82) is 0 Å². The Balaban J connectivity index is 0.00000162. The monoisotopic (exact) mass is 414 g/mol. The van der Waals surface area contributed by atoms with Crippen molar-refractivity contribution in [3.8, 4) is 0 Å². The number of hydrogen-bond donors (Lipinski definition) is 0. The number of hydrogen-bond acceptors (Lipinski definition) is 1. The van der Waals surface area contributed by atoms with Crippen LogP contribution in [0.3, 0.4) is 0 Å². The quantitative estimate of drug-likeness (QED) is 0.410. The number of aromatic nitrogens is 1. The van der Waals surface area contributed by atoms with Gasteiger partial charge in [0, 0.05) is 0 Å². The second kappa shape index (κ2) is 7.45. The van der Waals surface area contributed by atoms with Gasteiger partial charge in [0.1, 0.15) is 0 Å². The molecule has 103 valence electrons. The number of nitrogens with zero attached hydrogens (tertiary/aromatic N) is 1. The average Bonchev–Trinajstić information content (AvgIpc) is 2.62. The summed E-state index contributed by atoms with van der Waals surface area (Å²) in [4.78, 5) is 4.39. The summed E-state index contributed by atoms with van der Waals surface area (Å²) in [6.07, 6.45) is 9.63. The standard InChI is InChI=1S/C13H15BrNSi.2ClH.Cr/c1-16(2,14)13-7-6-11(10-13)9-12-5-3-4-8-15-12;;;/h3-8,10H,9H2,1-2H3;2*1H;/q;;;+2/p-2. The third-order valence-electron chi connectivity index (χ3n) is 2.81. The molecule has 0 saturated carbocycles. The van der Waals surface area contributed by atoms with Crippen LogP contribution in [0.4, 0.5) is 0 Å². The summed E-state index contributed by atoms with van der Waals surface area (Å²) in [6, 6.07) is 6.07. The van der Waals surface area contributed by atoms with E-state index in [0.717, 1.165) is 12.1 Å². The second-order valence-electron chi connectivity index (χ2n) is 4.86. The fraction of sp³-hybridized carbons (Fsp3) is 0.308. The van der Waals surface area contributed by atoms with Crippen LogP contribution in [0, 0.1) is 0 Å². The van der Waals surface area contributed by atoms with E-state index in [1.807, 2.05) is 18.3 Å². The molecule has 0 saturated heterocycles. The molecule has 0 N–H and O–H groups in total. The first-order valence-corrected chi connectivity index (χ1v) is 11.5. The fourth-order valence-electron chi connectivity index (χ4n) is 1.86. The molecule has 1 nitrogen and oxygen atoms in total. The predicted octanol–water partition coefficient (Wildman–Crippen LogP) is -2.03. The first-order valence-electron chi connectivity index (χ1n) is 5.61. The largest absolute Gasteiger partial charge is 1.00 e. The summed E-state index contributed by atoms with van der Waals surface area (Å²) in [5.41, 5.74) is 1.13. The fourth-order valence-corrected chi connectivity index (χ4v) is 4.38. The molecule has 1 heterocycles. The third kappa shape index (κ3) is 5.38. The van der Waals surface area contributed by atoms with Gasteiger partial charge in [-0.2, -0.15) is 0 Å². The van der Waals surface area contributed by atoms with E-state index < -0.39 is 6.69 Å². The molecule has 2 rings (SSSR count). The van der Waals surface area contributed by atoms with Gasteiger partial charge in [-0.15, -0.1) is 0 Å². The van der Waals surface area contributed by atoms with E-state index in [1.54, 1.807) is 0 Å². The van der Waals surface area contributed by atoms with Crippen molar-refractivity contribution in [2.75, 3.05) is 0 Å². The zero-order valence-corrected chi connectivity index (χ0v) is 16.1. The van der Waals surface area contributed by atoms with E-state index in [1.165, 1.54) is 5.20 Å². The molecule has 0 bridgehead atoms. The van der Waals surface area contributed by atoms with Crippen molar-refractivity contribution < 1.29 is 41.1 Å². The van der Waals surface area contributed by atoms with Crippen molar-refractivity contribution in [1.82, 2.24) is 4.98 Å². The molecule has 0 aromatic carbocycles. The summed E-state index contributed by atoms with van der Waals surface area (Å²) in [5.74, 6) is 0. The zero-order chi connectivity index (χ0) is 12.5. The van der Waals surface area contributed by atoms with E-state index in [-0.39, 0.29) is 29.1 Å². The smallest absolute Gasteiger partial charge is 1.00 e. The second-order valence-corrected chi connectivity index (χ2v) is 15.5. The minimum atomic E-state index is -1.38. The van der Waals surface area contributed by atoms with Gasteiger partial charge in [-0.3, -0.25) is 0 Å². The van der Waals surface area contributed by atoms with Crippen LogP contribution in [0.1, 0.15) is 5.69 Å². The molecular formula is C13H15BrCl2CrNSi. The van der Waals surface area contributed by atoms with E-state index in [9.17, 15) is 0 Å². The first-order chi connectivity index (χ1) is 7.89. The summed E-state index contributed by atoms with van der Waals surface area (Å²) in [6.45, 7) is 3.22. The predicted molar refractivity (Wildman–Crippen MR) is 74.3 cm³/mol. The van der Waals surface area contributed by atoms with Gasteiger partial charge in [-0.25, -0.2) is 0 Å². The number of rotatable bonds is 3. The van der Waals surface area contributed by atoms with Gasteiger partial charge in [0.2, 0.25) is 0 Å². The van der Waals surface area contributed by atoms with Gasteiger partial charge < -0.3 is 24.8 Å². The van der Waals surface area contributed by atoms with Crippen LogP contribution in [0.5, 0.6) is 0 Å². The summed E-state index contributed by atoms with van der Waals surface area (Å²) < 4.78 is 0.00171. The number of allylic oxidation sites excluding steroid dienone is 4. The van der Waals surface area contributed by atoms with E-state index in [4.69, 9.17) is 0 Å². The van der Waals surface area contributed by atoms with Crippen LogP contribution in [-0.2, 0) is 22.7 Å². The van der Waals surface area contributed by atoms with Crippen molar-refractivity contribution in [3.63, 3.8) is 0 Å². The summed E-state index contributed by atoms with van der Waals surface area (Å²) in [7, 11) is 0. The van der Waals surface area contributed by atoms with Crippen LogP contribution in [-0.4, -0.2) is 11.7 Å². The van der Waals surface area contributed by atoms with Gasteiger partial charge in [-0.1, -0.05) is 0 Å². The summed E-state index contributed by atoms with van der Waals surface area (Å²) in [5, 5.41) is 1.45. The number of halogens is 3. The Labute approximate surface area is 144 Å². The molecule has 6 heteroatoms. The molecule has 0 radical (unpaired) electrons. The van der Waals surface area contributed by atoms with E-state index in [0.29, 0.717) is 0 Å². The molecule has 1 aliphatic carbocycles. The molecule has 19 heavy (non-hydrogen) atoms. The van der Waals surface area contributed by atoms with E-state index >= 15 is 0 Å². The maximum atomic E-state index is 4.39. The Bertz CT molecular complexity index is 473. The van der Waals surface area contributed by atoms with Crippen molar-refractivity contribution in [2.45, 2.75) is 23.8 Å². The van der Waals surface area contributed by atoms with Gasteiger partial charge in [-0.05, 0) is 0 Å². The van der Waals surface area contributed by atoms with Crippen molar-refractivity contribution in [3.05, 3.63) is 53.5 Å². The van der Waals surface area contributed by atoms with Crippen LogP contribution in [0.2, 0.25) is 17.4 Å². The molecule has 0 spiro atoms. The molecular weight excluding hydrogens is 401 g/mol. The Morgan fingerprint density at radius 1 is 1.32 bits per heavy atom. The maximum Gasteiger partial charge on any atom is -1.00 e. The molecule has 0 fully saturated rings. The molecule has 0 aliphatic heterocycles. The van der Waals surface area contributed by atoms with Crippen LogP contribution in [0.15, 0.2) is 47.8 Å². The van der Waals surface area contributed by atoms with Gasteiger partial charge in [0.15, 0.2) is 0 Å². The molecule has 1 aromatic heterocycles. The molecule has 1 atom stereocenters. The van der Waals surface area contributed by atoms with Gasteiger partial charge in [0.05, 0.1) is 0 Å². The minimum Gasteiger partial charge on any atom is -1.00 e. The molecule has 0 amide bonds. The molecule has 1 aromatic rings. The van der Waals surface area contributed by atoms with E-state index in [2.05, 4.69) is 74.0 Å². The summed E-state index contributed by atoms with van der Waals surface area (Å²) >= 11 is 7.13. The first kappa shape index (κ1) is 19.4. The normalized spacial score (nSPS) is 21.3. The van der Waals surface area contributed by atoms with Crippen LogP contribution >= 0.6 is 15.3 Å². The Morgan fingerprint density at radius 2 is 2.00 bits per heavy atom. The Hall–Kier alpha value is 0.439. The average molecular weight is 416 g/mol. The molecule has 1 aliphatic rings. The minimum absolute atomic E-state index is 0. The van der Waals surface area contributed by atoms with Crippen molar-refractivity contribution in [2.24, 2.45) is 0 Å². The zero-order valence-electron chi connectivity index (χ0n) is 10.7. The van der Waals surface area contributed by atoms with Gasteiger partial charge >= 0.3 is 121 Å². The van der Waals surface area contributed by atoms with Crippen molar-refractivity contribution >= 4 is 22.0 Å². The SMILES string of the molecule is C[Si](C)(Br)C1=C[C]([Cr+2])(Cc2ccccn2)C=C1.[Cl-].[Cl-]. The molecule has 1 unspecified atom stereocenters.